The fraction of sp³-hybridized carbons (Fsp3) is 0.200. The molecule has 3 aromatic rings. The summed E-state index contributed by atoms with van der Waals surface area (Å²) in [5, 5.41) is 6.76. The normalized spacial score (nSPS) is 11.7. The zero-order chi connectivity index (χ0) is 17.3. The summed E-state index contributed by atoms with van der Waals surface area (Å²) in [7, 11) is 1.46. The van der Waals surface area contributed by atoms with Crippen LogP contribution in [0.25, 0.3) is 11.0 Å². The molecule has 0 aliphatic rings. The lowest BCUT2D eigenvalue weighted by molar-refractivity contribution is -0.142. The van der Waals surface area contributed by atoms with E-state index in [0.29, 0.717) is 21.4 Å². The van der Waals surface area contributed by atoms with Gasteiger partial charge in [-0.2, -0.15) is 18.3 Å². The zero-order valence-electron chi connectivity index (χ0n) is 12.4. The number of ether oxygens (including phenoxy) is 1. The highest BCUT2D eigenvalue weighted by Gasteiger charge is 2.28. The molecule has 0 bridgehead atoms. The number of hydrogen-bond donors (Lipinski definition) is 1. The average Bonchev–Trinajstić information content (AvgIpc) is 3.13. The Morgan fingerprint density at radius 3 is 2.92 bits per heavy atom. The molecule has 0 saturated carbocycles. The van der Waals surface area contributed by atoms with Crippen molar-refractivity contribution in [3.05, 3.63) is 42.4 Å². The molecule has 9 heteroatoms. The summed E-state index contributed by atoms with van der Waals surface area (Å²) >= 11 is 0. The van der Waals surface area contributed by atoms with Crippen LogP contribution in [0.5, 0.6) is 5.75 Å². The SMILES string of the molecule is COc1cc(C(=O)Nc2cnn(CC(F)(F)F)c2)cc2occc12. The number of hydrogen-bond acceptors (Lipinski definition) is 4. The van der Waals surface area contributed by atoms with E-state index in [1.54, 1.807) is 6.07 Å². The van der Waals surface area contributed by atoms with Crippen LogP contribution in [0, 0.1) is 0 Å². The number of furan rings is 1. The van der Waals surface area contributed by atoms with Crippen LogP contribution in [-0.2, 0) is 6.54 Å². The molecule has 3 rings (SSSR count). The Balaban J connectivity index is 1.80. The van der Waals surface area contributed by atoms with E-state index >= 15 is 0 Å². The van der Waals surface area contributed by atoms with Crippen molar-refractivity contribution in [2.45, 2.75) is 12.7 Å². The lowest BCUT2D eigenvalue weighted by Gasteiger charge is -2.07. The summed E-state index contributed by atoms with van der Waals surface area (Å²) in [5.41, 5.74) is 0.868. The van der Waals surface area contributed by atoms with Gasteiger partial charge in [-0.3, -0.25) is 9.48 Å². The molecule has 0 aliphatic heterocycles. The molecule has 6 nitrogen and oxygen atoms in total. The second kappa shape index (κ2) is 5.91. The molecule has 0 atom stereocenters. The van der Waals surface area contributed by atoms with Gasteiger partial charge >= 0.3 is 6.18 Å². The quantitative estimate of drug-likeness (QED) is 0.790. The highest BCUT2D eigenvalue weighted by Crippen LogP contribution is 2.28. The number of halogens is 3. The van der Waals surface area contributed by atoms with E-state index in [0.717, 1.165) is 12.4 Å². The summed E-state index contributed by atoms with van der Waals surface area (Å²) in [6.45, 7) is -1.23. The van der Waals surface area contributed by atoms with Crippen molar-refractivity contribution < 1.29 is 27.1 Å². The maximum Gasteiger partial charge on any atom is 0.408 e. The third-order valence-electron chi connectivity index (χ3n) is 3.25. The first-order valence-electron chi connectivity index (χ1n) is 6.81. The van der Waals surface area contributed by atoms with Gasteiger partial charge in [0, 0.05) is 11.8 Å². The second-order valence-corrected chi connectivity index (χ2v) is 5.01. The van der Waals surface area contributed by atoms with Crippen LogP contribution < -0.4 is 10.1 Å². The highest BCUT2D eigenvalue weighted by molar-refractivity contribution is 6.06. The van der Waals surface area contributed by atoms with E-state index in [1.165, 1.54) is 25.5 Å². The molecule has 0 fully saturated rings. The number of methoxy groups -OCH3 is 1. The van der Waals surface area contributed by atoms with Gasteiger partial charge < -0.3 is 14.5 Å². The minimum absolute atomic E-state index is 0.155. The molecule has 0 unspecified atom stereocenters. The molecule has 0 spiro atoms. The number of carbonyl (C=O) groups excluding carboxylic acids is 1. The zero-order valence-corrected chi connectivity index (χ0v) is 12.4. The number of fused-ring (bicyclic) bond motifs is 1. The predicted molar refractivity (Wildman–Crippen MR) is 79.0 cm³/mol. The van der Waals surface area contributed by atoms with E-state index in [1.807, 2.05) is 0 Å². The van der Waals surface area contributed by atoms with Crippen LogP contribution in [0.4, 0.5) is 18.9 Å². The van der Waals surface area contributed by atoms with E-state index in [9.17, 15) is 18.0 Å². The molecule has 1 aromatic carbocycles. The van der Waals surface area contributed by atoms with E-state index in [4.69, 9.17) is 9.15 Å². The number of anilines is 1. The molecule has 0 saturated heterocycles. The van der Waals surface area contributed by atoms with Crippen LogP contribution in [0.15, 0.2) is 41.3 Å². The summed E-state index contributed by atoms with van der Waals surface area (Å²) in [6.07, 6.45) is -0.665. The Kier molecular flexibility index (Phi) is 3.92. The third-order valence-corrected chi connectivity index (χ3v) is 3.25. The fourth-order valence-electron chi connectivity index (χ4n) is 2.24. The van der Waals surface area contributed by atoms with Gasteiger partial charge in [-0.25, -0.2) is 0 Å². The smallest absolute Gasteiger partial charge is 0.408 e. The van der Waals surface area contributed by atoms with Crippen molar-refractivity contribution in [1.82, 2.24) is 9.78 Å². The predicted octanol–water partition coefficient (Wildman–Crippen LogP) is 3.45. The topological polar surface area (TPSA) is 69.3 Å². The van der Waals surface area contributed by atoms with Gasteiger partial charge in [0.25, 0.3) is 5.91 Å². The van der Waals surface area contributed by atoms with Gasteiger partial charge in [0.1, 0.15) is 17.9 Å². The molecule has 2 aromatic heterocycles. The van der Waals surface area contributed by atoms with Gasteiger partial charge in [-0.05, 0) is 18.2 Å². The largest absolute Gasteiger partial charge is 0.496 e. The number of nitrogens with one attached hydrogen (secondary N) is 1. The van der Waals surface area contributed by atoms with Crippen molar-refractivity contribution in [3.63, 3.8) is 0 Å². The molecule has 24 heavy (non-hydrogen) atoms. The number of aromatic nitrogens is 2. The van der Waals surface area contributed by atoms with E-state index in [-0.39, 0.29) is 11.3 Å². The molecule has 0 radical (unpaired) electrons. The Morgan fingerprint density at radius 2 is 2.21 bits per heavy atom. The highest BCUT2D eigenvalue weighted by atomic mass is 19.4. The summed E-state index contributed by atoms with van der Waals surface area (Å²) in [6, 6.07) is 4.75. The van der Waals surface area contributed by atoms with Gasteiger partial charge in [-0.1, -0.05) is 0 Å². The first kappa shape index (κ1) is 15.9. The Bertz CT molecular complexity index is 883. The number of carbonyl (C=O) groups is 1. The summed E-state index contributed by atoms with van der Waals surface area (Å²) in [4.78, 5) is 12.3. The number of nitrogens with zero attached hydrogens (tertiary/aromatic N) is 2. The third kappa shape index (κ3) is 3.34. The molecular weight excluding hydrogens is 327 g/mol. The van der Waals surface area contributed by atoms with Crippen molar-refractivity contribution in [1.29, 1.82) is 0 Å². The molecular formula is C15H12F3N3O3. The van der Waals surface area contributed by atoms with Crippen molar-refractivity contribution >= 4 is 22.6 Å². The standard InChI is InChI=1S/C15H12F3N3O3/c1-23-12-4-9(5-13-11(12)2-3-24-13)14(22)20-10-6-19-21(7-10)8-15(16,17)18/h2-7H,8H2,1H3,(H,20,22). The van der Waals surface area contributed by atoms with Gasteiger partial charge in [0.15, 0.2) is 0 Å². The lowest BCUT2D eigenvalue weighted by Crippen LogP contribution is -2.18. The molecule has 126 valence electrons. The maximum atomic E-state index is 12.3. The van der Waals surface area contributed by atoms with Crippen LogP contribution in [-0.4, -0.2) is 29.0 Å². The van der Waals surface area contributed by atoms with E-state index in [2.05, 4.69) is 10.4 Å². The number of benzene rings is 1. The molecule has 1 amide bonds. The lowest BCUT2D eigenvalue weighted by atomic mass is 10.1. The number of alkyl halides is 3. The molecule has 1 N–H and O–H groups in total. The van der Waals surface area contributed by atoms with Gasteiger partial charge in [-0.15, -0.1) is 0 Å². The number of rotatable bonds is 4. The van der Waals surface area contributed by atoms with Crippen LogP contribution >= 0.6 is 0 Å². The van der Waals surface area contributed by atoms with E-state index < -0.39 is 18.6 Å². The molecule has 0 aliphatic carbocycles. The second-order valence-electron chi connectivity index (χ2n) is 5.01. The minimum atomic E-state index is -4.38. The van der Waals surface area contributed by atoms with Crippen molar-refractivity contribution in [2.75, 3.05) is 12.4 Å². The summed E-state index contributed by atoms with van der Waals surface area (Å²) in [5.74, 6) is -0.0580. The van der Waals surface area contributed by atoms with Gasteiger partial charge in [0.05, 0.1) is 30.6 Å². The van der Waals surface area contributed by atoms with Crippen LogP contribution in [0.2, 0.25) is 0 Å². The van der Waals surface area contributed by atoms with Crippen LogP contribution in [0.1, 0.15) is 10.4 Å². The Labute approximate surface area is 133 Å². The fourth-order valence-corrected chi connectivity index (χ4v) is 2.24. The Hall–Kier alpha value is -2.97. The van der Waals surface area contributed by atoms with Crippen molar-refractivity contribution in [2.24, 2.45) is 0 Å². The first-order valence-corrected chi connectivity index (χ1v) is 6.81. The number of amides is 1. The Morgan fingerprint density at radius 1 is 1.42 bits per heavy atom. The average molecular weight is 339 g/mol. The monoisotopic (exact) mass is 339 g/mol. The maximum absolute atomic E-state index is 12.3. The first-order chi connectivity index (χ1) is 11.4. The van der Waals surface area contributed by atoms with Crippen LogP contribution in [0.3, 0.4) is 0 Å². The van der Waals surface area contributed by atoms with Gasteiger partial charge in [0.2, 0.25) is 0 Å². The van der Waals surface area contributed by atoms with Crippen molar-refractivity contribution in [3.8, 4) is 5.75 Å². The summed E-state index contributed by atoms with van der Waals surface area (Å²) < 4.78 is 48.1. The molecule has 2 heterocycles. The minimum Gasteiger partial charge on any atom is -0.496 e.